The van der Waals surface area contributed by atoms with Gasteiger partial charge in [-0.1, -0.05) is 0 Å². The molecule has 1 aliphatic rings. The number of quaternary nitrogens is 1. The van der Waals surface area contributed by atoms with E-state index < -0.39 is 5.54 Å². The first-order chi connectivity index (χ1) is 6.55. The lowest BCUT2D eigenvalue weighted by Gasteiger charge is -2.27. The fraction of sp³-hybridized carbons (Fsp3) is 0.900. The van der Waals surface area contributed by atoms with E-state index in [1.807, 2.05) is 13.8 Å². The lowest BCUT2D eigenvalue weighted by Crippen LogP contribution is -2.86. The highest BCUT2D eigenvalue weighted by molar-refractivity contribution is 5.79. The van der Waals surface area contributed by atoms with Crippen LogP contribution in [-0.4, -0.2) is 36.2 Å². The summed E-state index contributed by atoms with van der Waals surface area (Å²) < 4.78 is 0. The molecule has 1 amide bonds. The van der Waals surface area contributed by atoms with Gasteiger partial charge in [-0.15, -0.1) is 0 Å². The van der Waals surface area contributed by atoms with Gasteiger partial charge in [-0.3, -0.25) is 4.79 Å². The van der Waals surface area contributed by atoms with Gasteiger partial charge in [0.2, 0.25) is 5.91 Å². The van der Waals surface area contributed by atoms with Crippen LogP contribution in [0.1, 0.15) is 26.7 Å². The Labute approximate surface area is 85.1 Å². The molecule has 0 unspecified atom stereocenters. The average Bonchev–Trinajstić information content (AvgIpc) is 2.19. The zero-order chi connectivity index (χ0) is 10.6. The number of aliphatic hydroxyl groups excluding tert-OH is 1. The number of hydrogen-bond acceptors (Lipinski definition) is 2. The summed E-state index contributed by atoms with van der Waals surface area (Å²) in [6, 6.07) is 0. The molecule has 0 aliphatic carbocycles. The molecule has 0 saturated carbocycles. The number of aliphatic hydroxyl groups is 1. The fourth-order valence-electron chi connectivity index (χ4n) is 1.66. The van der Waals surface area contributed by atoms with Gasteiger partial charge >= 0.3 is 0 Å². The van der Waals surface area contributed by atoms with E-state index in [2.05, 4.69) is 10.6 Å². The second kappa shape index (κ2) is 4.75. The Balaban J connectivity index is 2.40. The lowest BCUT2D eigenvalue weighted by atomic mass is 9.95. The van der Waals surface area contributed by atoms with E-state index in [0.29, 0.717) is 0 Å². The molecule has 0 atom stereocenters. The standard InChI is InChI=1S/C10H20N2O2/c1-10(2,7-13)12-9(14)8-3-5-11-6-4-8/h8,11,13H,3-7H2,1-2H3,(H,12,14)/p+1. The van der Waals surface area contributed by atoms with Crippen molar-refractivity contribution in [2.24, 2.45) is 5.92 Å². The van der Waals surface area contributed by atoms with Crippen molar-refractivity contribution in [2.75, 3.05) is 19.7 Å². The number of amides is 1. The average molecular weight is 201 g/mol. The summed E-state index contributed by atoms with van der Waals surface area (Å²) in [6.45, 7) is 5.73. The molecule has 0 bridgehead atoms. The molecule has 1 aliphatic heterocycles. The summed E-state index contributed by atoms with van der Waals surface area (Å²) in [5.74, 6) is 0.239. The Morgan fingerprint density at radius 2 is 2.07 bits per heavy atom. The number of piperidine rings is 1. The summed E-state index contributed by atoms with van der Waals surface area (Å²) in [6.07, 6.45) is 1.90. The van der Waals surface area contributed by atoms with Crippen molar-refractivity contribution in [2.45, 2.75) is 32.2 Å². The van der Waals surface area contributed by atoms with Crippen LogP contribution in [-0.2, 0) is 4.79 Å². The monoisotopic (exact) mass is 201 g/mol. The van der Waals surface area contributed by atoms with E-state index in [0.717, 1.165) is 25.9 Å². The molecule has 0 radical (unpaired) electrons. The molecule has 1 fully saturated rings. The van der Waals surface area contributed by atoms with Crippen LogP contribution in [0.3, 0.4) is 0 Å². The second-order valence-electron chi connectivity index (χ2n) is 4.67. The van der Waals surface area contributed by atoms with Crippen LogP contribution in [0.4, 0.5) is 0 Å². The zero-order valence-electron chi connectivity index (χ0n) is 9.05. The molecule has 1 saturated heterocycles. The van der Waals surface area contributed by atoms with Crippen molar-refractivity contribution in [1.29, 1.82) is 0 Å². The minimum Gasteiger partial charge on any atom is -0.394 e. The quantitative estimate of drug-likeness (QED) is 0.539. The molecule has 0 spiro atoms. The van der Waals surface area contributed by atoms with Gasteiger partial charge in [0.1, 0.15) is 0 Å². The van der Waals surface area contributed by atoms with Crippen LogP contribution in [0, 0.1) is 5.92 Å². The Hall–Kier alpha value is -0.610. The maximum absolute atomic E-state index is 11.7. The highest BCUT2D eigenvalue weighted by atomic mass is 16.3. The number of rotatable bonds is 3. The summed E-state index contributed by atoms with van der Waals surface area (Å²) in [7, 11) is 0. The third-order valence-electron chi connectivity index (χ3n) is 2.67. The van der Waals surface area contributed by atoms with Gasteiger partial charge in [0, 0.05) is 18.8 Å². The van der Waals surface area contributed by atoms with Crippen molar-refractivity contribution in [3.8, 4) is 0 Å². The Morgan fingerprint density at radius 1 is 1.50 bits per heavy atom. The predicted molar refractivity (Wildman–Crippen MR) is 53.7 cm³/mol. The molecule has 4 nitrogen and oxygen atoms in total. The van der Waals surface area contributed by atoms with Crippen molar-refractivity contribution < 1.29 is 15.2 Å². The second-order valence-corrected chi connectivity index (χ2v) is 4.67. The smallest absolute Gasteiger partial charge is 0.224 e. The summed E-state index contributed by atoms with van der Waals surface area (Å²) in [4.78, 5) is 11.7. The number of nitrogens with one attached hydrogen (secondary N) is 1. The highest BCUT2D eigenvalue weighted by Gasteiger charge is 2.27. The first-order valence-corrected chi connectivity index (χ1v) is 5.30. The molecular weight excluding hydrogens is 180 g/mol. The van der Waals surface area contributed by atoms with Crippen molar-refractivity contribution in [3.63, 3.8) is 0 Å². The van der Waals surface area contributed by atoms with Gasteiger partial charge in [0.15, 0.2) is 0 Å². The maximum Gasteiger partial charge on any atom is 0.224 e. The first kappa shape index (κ1) is 11.5. The third kappa shape index (κ3) is 3.27. The summed E-state index contributed by atoms with van der Waals surface area (Å²) >= 11 is 0. The number of carbonyl (C=O) groups excluding carboxylic acids is 1. The molecule has 4 heteroatoms. The van der Waals surface area contributed by atoms with Crippen molar-refractivity contribution >= 4 is 5.91 Å². The molecule has 0 aromatic rings. The molecule has 4 N–H and O–H groups in total. The minimum absolute atomic E-state index is 0.0163. The number of nitrogens with two attached hydrogens (primary N) is 1. The molecule has 1 rings (SSSR count). The summed E-state index contributed by atoms with van der Waals surface area (Å²) in [5, 5.41) is 14.1. The Bertz CT molecular complexity index is 198. The molecule has 0 aromatic heterocycles. The summed E-state index contributed by atoms with van der Waals surface area (Å²) in [5.41, 5.74) is -0.488. The van der Waals surface area contributed by atoms with Gasteiger partial charge in [0.05, 0.1) is 25.2 Å². The SMILES string of the molecule is CC(C)(CO)NC(=O)C1CC[NH2+]CC1. The minimum atomic E-state index is -0.488. The molecule has 14 heavy (non-hydrogen) atoms. The normalized spacial score (nSPS) is 19.4. The van der Waals surface area contributed by atoms with E-state index in [1.165, 1.54) is 0 Å². The third-order valence-corrected chi connectivity index (χ3v) is 2.67. The van der Waals surface area contributed by atoms with Crippen LogP contribution in [0.15, 0.2) is 0 Å². The first-order valence-electron chi connectivity index (χ1n) is 5.30. The predicted octanol–water partition coefficient (Wildman–Crippen LogP) is -1.15. The lowest BCUT2D eigenvalue weighted by molar-refractivity contribution is -0.664. The van der Waals surface area contributed by atoms with Crippen LogP contribution in [0.25, 0.3) is 0 Å². The number of hydrogen-bond donors (Lipinski definition) is 3. The van der Waals surface area contributed by atoms with E-state index >= 15 is 0 Å². The van der Waals surface area contributed by atoms with Gasteiger partial charge < -0.3 is 15.7 Å². The molecular formula is C10H21N2O2+. The maximum atomic E-state index is 11.7. The van der Waals surface area contributed by atoms with Crippen molar-refractivity contribution in [3.05, 3.63) is 0 Å². The Kier molecular flexibility index (Phi) is 3.89. The van der Waals surface area contributed by atoms with Crippen LogP contribution >= 0.6 is 0 Å². The van der Waals surface area contributed by atoms with Crippen molar-refractivity contribution in [1.82, 2.24) is 5.32 Å². The van der Waals surface area contributed by atoms with Gasteiger partial charge in [-0.2, -0.15) is 0 Å². The van der Waals surface area contributed by atoms with Crippen LogP contribution in [0.5, 0.6) is 0 Å². The molecule has 0 aromatic carbocycles. The largest absolute Gasteiger partial charge is 0.394 e. The zero-order valence-corrected chi connectivity index (χ0v) is 9.05. The van der Waals surface area contributed by atoms with Crippen LogP contribution < -0.4 is 10.6 Å². The highest BCUT2D eigenvalue weighted by Crippen LogP contribution is 2.11. The molecule has 82 valence electrons. The molecule has 1 heterocycles. The van der Waals surface area contributed by atoms with Crippen LogP contribution in [0.2, 0.25) is 0 Å². The van der Waals surface area contributed by atoms with Gasteiger partial charge in [-0.05, 0) is 13.8 Å². The van der Waals surface area contributed by atoms with Gasteiger partial charge in [-0.25, -0.2) is 0 Å². The fourth-order valence-corrected chi connectivity index (χ4v) is 1.66. The van der Waals surface area contributed by atoms with E-state index in [4.69, 9.17) is 5.11 Å². The number of carbonyl (C=O) groups is 1. The van der Waals surface area contributed by atoms with E-state index in [1.54, 1.807) is 0 Å². The van der Waals surface area contributed by atoms with Gasteiger partial charge in [0.25, 0.3) is 0 Å². The van der Waals surface area contributed by atoms with E-state index in [-0.39, 0.29) is 18.4 Å². The topological polar surface area (TPSA) is 65.9 Å². The van der Waals surface area contributed by atoms with E-state index in [9.17, 15) is 4.79 Å². The Morgan fingerprint density at radius 3 is 2.57 bits per heavy atom.